The molecule has 0 amide bonds. The first-order valence-electron chi connectivity index (χ1n) is 5.58. The topological polar surface area (TPSA) is 85.9 Å². The number of nitrogens with zero attached hydrogens (tertiary/aromatic N) is 4. The number of nitro benzene ring substituents is 1. The van der Waals surface area contributed by atoms with Crippen LogP contribution >= 0.6 is 11.6 Å². The molecule has 7 nitrogen and oxygen atoms in total. The maximum atomic E-state index is 10.9. The van der Waals surface area contributed by atoms with Gasteiger partial charge in [0, 0.05) is 31.1 Å². The van der Waals surface area contributed by atoms with E-state index in [1.807, 2.05) is 7.05 Å². The largest absolute Gasteiger partial charge is 0.379 e. The molecule has 0 bridgehead atoms. The number of nitro groups is 1. The van der Waals surface area contributed by atoms with Crippen molar-refractivity contribution in [2.24, 2.45) is 7.05 Å². The fourth-order valence-corrected chi connectivity index (χ4v) is 1.81. The molecule has 0 aliphatic carbocycles. The van der Waals surface area contributed by atoms with Gasteiger partial charge in [-0.25, -0.2) is 0 Å². The molecule has 100 valence electrons. The number of anilines is 1. The first-order valence-corrected chi connectivity index (χ1v) is 5.96. The quantitative estimate of drug-likeness (QED) is 0.669. The Morgan fingerprint density at radius 2 is 2.32 bits per heavy atom. The summed E-state index contributed by atoms with van der Waals surface area (Å²) < 4.78 is 1.80. The number of rotatable bonds is 5. The highest BCUT2D eigenvalue weighted by molar-refractivity contribution is 6.30. The van der Waals surface area contributed by atoms with Crippen molar-refractivity contribution in [3.63, 3.8) is 0 Å². The van der Waals surface area contributed by atoms with Crippen LogP contribution in [-0.4, -0.2) is 26.2 Å². The first-order chi connectivity index (χ1) is 9.08. The van der Waals surface area contributed by atoms with E-state index in [0.717, 1.165) is 5.82 Å². The lowest BCUT2D eigenvalue weighted by molar-refractivity contribution is -0.383. The van der Waals surface area contributed by atoms with Gasteiger partial charge in [-0.05, 0) is 12.1 Å². The maximum absolute atomic E-state index is 10.9. The molecule has 1 heterocycles. The molecule has 0 saturated heterocycles. The summed E-state index contributed by atoms with van der Waals surface area (Å²) in [6.07, 6.45) is 2.23. The molecule has 1 N–H and O–H groups in total. The van der Waals surface area contributed by atoms with E-state index in [1.165, 1.54) is 6.07 Å². The van der Waals surface area contributed by atoms with Crippen LogP contribution in [0.2, 0.25) is 5.02 Å². The predicted molar refractivity (Wildman–Crippen MR) is 71.3 cm³/mol. The molecule has 2 aromatic rings. The summed E-state index contributed by atoms with van der Waals surface area (Å²) in [7, 11) is 1.85. The van der Waals surface area contributed by atoms with Crippen LogP contribution in [-0.2, 0) is 13.5 Å². The van der Waals surface area contributed by atoms with E-state index in [4.69, 9.17) is 11.6 Å². The lowest BCUT2D eigenvalue weighted by Gasteiger charge is -2.07. The van der Waals surface area contributed by atoms with Crippen LogP contribution in [0.5, 0.6) is 0 Å². The molecule has 8 heteroatoms. The Kier molecular flexibility index (Phi) is 3.96. The second-order valence-electron chi connectivity index (χ2n) is 3.95. The van der Waals surface area contributed by atoms with E-state index in [2.05, 4.69) is 15.5 Å². The monoisotopic (exact) mass is 281 g/mol. The molecule has 2 rings (SSSR count). The fourth-order valence-electron chi connectivity index (χ4n) is 1.65. The second kappa shape index (κ2) is 5.66. The summed E-state index contributed by atoms with van der Waals surface area (Å²) in [5.41, 5.74) is 0.405. The van der Waals surface area contributed by atoms with Crippen LogP contribution in [0, 0.1) is 10.1 Å². The van der Waals surface area contributed by atoms with Gasteiger partial charge >= 0.3 is 0 Å². The summed E-state index contributed by atoms with van der Waals surface area (Å²) in [6, 6.07) is 4.53. The van der Waals surface area contributed by atoms with Gasteiger partial charge in [0.25, 0.3) is 5.69 Å². The number of hydrogen-bond donors (Lipinski definition) is 1. The average Bonchev–Trinajstić information content (AvgIpc) is 2.77. The second-order valence-corrected chi connectivity index (χ2v) is 4.39. The molecular weight excluding hydrogens is 270 g/mol. The fraction of sp³-hybridized carbons (Fsp3) is 0.273. The predicted octanol–water partition coefficient (Wildman–Crippen LogP) is 2.03. The number of hydrogen-bond acceptors (Lipinski definition) is 5. The van der Waals surface area contributed by atoms with Gasteiger partial charge in [-0.1, -0.05) is 11.6 Å². The number of aryl methyl sites for hydroxylation is 1. The Morgan fingerprint density at radius 3 is 2.95 bits per heavy atom. The molecule has 0 unspecified atom stereocenters. The van der Waals surface area contributed by atoms with Crippen LogP contribution < -0.4 is 5.32 Å². The van der Waals surface area contributed by atoms with Gasteiger partial charge in [-0.2, -0.15) is 0 Å². The molecule has 0 fully saturated rings. The smallest absolute Gasteiger partial charge is 0.293 e. The van der Waals surface area contributed by atoms with E-state index in [9.17, 15) is 10.1 Å². The van der Waals surface area contributed by atoms with Crippen LogP contribution in [0.4, 0.5) is 11.4 Å². The van der Waals surface area contributed by atoms with E-state index in [-0.39, 0.29) is 5.69 Å². The van der Waals surface area contributed by atoms with Gasteiger partial charge in [-0.15, -0.1) is 10.2 Å². The summed E-state index contributed by atoms with van der Waals surface area (Å²) in [6.45, 7) is 0.523. The maximum Gasteiger partial charge on any atom is 0.293 e. The summed E-state index contributed by atoms with van der Waals surface area (Å²) in [4.78, 5) is 10.4. The van der Waals surface area contributed by atoms with Gasteiger partial charge in [-0.3, -0.25) is 10.1 Å². The lowest BCUT2D eigenvalue weighted by Crippen LogP contribution is -2.09. The number of aromatic nitrogens is 3. The minimum atomic E-state index is -0.462. The number of halogens is 1. The van der Waals surface area contributed by atoms with Crippen molar-refractivity contribution in [3.05, 3.63) is 45.5 Å². The zero-order valence-electron chi connectivity index (χ0n) is 10.2. The number of nitrogens with one attached hydrogen (secondary N) is 1. The van der Waals surface area contributed by atoms with Crippen molar-refractivity contribution in [1.82, 2.24) is 14.8 Å². The minimum Gasteiger partial charge on any atom is -0.379 e. The zero-order chi connectivity index (χ0) is 13.8. The lowest BCUT2D eigenvalue weighted by atomic mass is 10.2. The summed E-state index contributed by atoms with van der Waals surface area (Å²) in [5.74, 6) is 0.809. The molecule has 0 spiro atoms. The third-order valence-corrected chi connectivity index (χ3v) is 2.86. The molecule has 1 aromatic heterocycles. The minimum absolute atomic E-state index is 0.0366. The zero-order valence-corrected chi connectivity index (χ0v) is 11.0. The van der Waals surface area contributed by atoms with Crippen LogP contribution in [0.1, 0.15) is 5.82 Å². The summed E-state index contributed by atoms with van der Waals surface area (Å²) >= 11 is 5.74. The molecule has 0 aliphatic rings. The third kappa shape index (κ3) is 3.19. The molecule has 0 aliphatic heterocycles. The van der Waals surface area contributed by atoms with E-state index >= 15 is 0 Å². The van der Waals surface area contributed by atoms with E-state index < -0.39 is 4.92 Å². The Hall–Kier alpha value is -2.15. The van der Waals surface area contributed by atoms with Crippen LogP contribution in [0.15, 0.2) is 24.5 Å². The Labute approximate surface area is 114 Å². The van der Waals surface area contributed by atoms with Crippen LogP contribution in [0.25, 0.3) is 0 Å². The third-order valence-electron chi connectivity index (χ3n) is 2.63. The van der Waals surface area contributed by atoms with Gasteiger partial charge in [0.05, 0.1) is 4.92 Å². The first kappa shape index (κ1) is 13.3. The highest BCUT2D eigenvalue weighted by atomic mass is 35.5. The molecular formula is C11H12ClN5O2. The molecule has 0 saturated carbocycles. The normalized spacial score (nSPS) is 10.4. The molecule has 0 atom stereocenters. The highest BCUT2D eigenvalue weighted by Crippen LogP contribution is 2.27. The van der Waals surface area contributed by atoms with Gasteiger partial charge in [0.2, 0.25) is 0 Å². The van der Waals surface area contributed by atoms with Crippen molar-refractivity contribution >= 4 is 23.0 Å². The van der Waals surface area contributed by atoms with Gasteiger partial charge in [0.1, 0.15) is 17.8 Å². The highest BCUT2D eigenvalue weighted by Gasteiger charge is 2.13. The molecule has 19 heavy (non-hydrogen) atoms. The van der Waals surface area contributed by atoms with E-state index in [1.54, 1.807) is 23.0 Å². The Balaban J connectivity index is 2.03. The summed E-state index contributed by atoms with van der Waals surface area (Å²) in [5, 5.41) is 21.9. The average molecular weight is 282 g/mol. The van der Waals surface area contributed by atoms with Gasteiger partial charge in [0.15, 0.2) is 0 Å². The standard InChI is InChI=1S/C11H12ClN5O2/c1-16-7-14-15-11(16)4-5-13-9-3-2-8(12)6-10(9)17(18)19/h2-3,6-7,13H,4-5H2,1H3. The van der Waals surface area contributed by atoms with Crippen molar-refractivity contribution in [3.8, 4) is 0 Å². The SMILES string of the molecule is Cn1cnnc1CCNc1ccc(Cl)cc1[N+](=O)[O-]. The molecule has 1 aromatic carbocycles. The van der Waals surface area contributed by atoms with Crippen molar-refractivity contribution in [2.45, 2.75) is 6.42 Å². The van der Waals surface area contributed by atoms with E-state index in [0.29, 0.717) is 23.7 Å². The molecule has 0 radical (unpaired) electrons. The number of benzene rings is 1. The Morgan fingerprint density at radius 1 is 1.53 bits per heavy atom. The van der Waals surface area contributed by atoms with Gasteiger partial charge < -0.3 is 9.88 Å². The van der Waals surface area contributed by atoms with Crippen molar-refractivity contribution in [2.75, 3.05) is 11.9 Å². The van der Waals surface area contributed by atoms with Crippen molar-refractivity contribution in [1.29, 1.82) is 0 Å². The Bertz CT molecular complexity index is 599. The van der Waals surface area contributed by atoms with Crippen molar-refractivity contribution < 1.29 is 4.92 Å². The van der Waals surface area contributed by atoms with Crippen LogP contribution in [0.3, 0.4) is 0 Å².